The Morgan fingerprint density at radius 3 is 2.33 bits per heavy atom. The van der Waals surface area contributed by atoms with E-state index in [2.05, 4.69) is 0 Å². The predicted molar refractivity (Wildman–Crippen MR) is 56.8 cm³/mol. The van der Waals surface area contributed by atoms with Gasteiger partial charge in [0.25, 0.3) is 0 Å². The van der Waals surface area contributed by atoms with Crippen LogP contribution in [-0.2, 0) is 4.79 Å². The number of carbonyl (C=O) groups excluding carboxylic acids is 1. The van der Waals surface area contributed by atoms with Crippen LogP contribution in [0.3, 0.4) is 0 Å². The summed E-state index contributed by atoms with van der Waals surface area (Å²) in [6.45, 7) is 2.02. The number of primary amides is 1. The van der Waals surface area contributed by atoms with Crippen LogP contribution in [0.5, 0.6) is 11.5 Å². The fourth-order valence-corrected chi connectivity index (χ4v) is 0.975. The van der Waals surface area contributed by atoms with Crippen molar-refractivity contribution < 1.29 is 14.3 Å². The van der Waals surface area contributed by atoms with Crippen molar-refractivity contribution in [1.82, 2.24) is 0 Å². The van der Waals surface area contributed by atoms with Gasteiger partial charge in [-0.3, -0.25) is 4.79 Å². The lowest BCUT2D eigenvalue weighted by Gasteiger charge is -2.10. The van der Waals surface area contributed by atoms with E-state index in [9.17, 15) is 4.79 Å². The third kappa shape index (κ3) is 3.50. The normalized spacial score (nSPS) is 11.9. The third-order valence-electron chi connectivity index (χ3n) is 2.05. The van der Waals surface area contributed by atoms with Crippen LogP contribution in [0.4, 0.5) is 0 Å². The molecule has 1 aromatic carbocycles. The number of benzene rings is 1. The summed E-state index contributed by atoms with van der Waals surface area (Å²) in [6, 6.07) is 7.16. The maximum absolute atomic E-state index is 10.7. The van der Waals surface area contributed by atoms with E-state index in [1.54, 1.807) is 38.3 Å². The monoisotopic (exact) mass is 209 g/mol. The molecule has 1 atom stereocenters. The molecule has 1 aromatic rings. The number of amides is 1. The van der Waals surface area contributed by atoms with Crippen LogP contribution < -0.4 is 15.2 Å². The van der Waals surface area contributed by atoms with Crippen LogP contribution in [0, 0.1) is 5.92 Å². The number of methoxy groups -OCH3 is 1. The van der Waals surface area contributed by atoms with E-state index in [1.807, 2.05) is 0 Å². The molecule has 1 amide bonds. The number of rotatable bonds is 5. The molecule has 4 heteroatoms. The summed E-state index contributed by atoms with van der Waals surface area (Å²) in [5, 5.41) is 0. The second kappa shape index (κ2) is 5.24. The van der Waals surface area contributed by atoms with Gasteiger partial charge in [-0.25, -0.2) is 0 Å². The van der Waals surface area contributed by atoms with Crippen LogP contribution in [0.2, 0.25) is 0 Å². The zero-order valence-electron chi connectivity index (χ0n) is 8.90. The van der Waals surface area contributed by atoms with Crippen molar-refractivity contribution in [2.45, 2.75) is 6.92 Å². The molecule has 0 aromatic heterocycles. The standard InChI is InChI=1S/C11H15NO3/c1-8(11(12)13)7-15-10-5-3-9(14-2)4-6-10/h3-6,8H,7H2,1-2H3,(H2,12,13). The van der Waals surface area contributed by atoms with Crippen LogP contribution in [0.25, 0.3) is 0 Å². The Hall–Kier alpha value is -1.71. The summed E-state index contributed by atoms with van der Waals surface area (Å²) in [6.07, 6.45) is 0. The van der Waals surface area contributed by atoms with Gasteiger partial charge in [0.1, 0.15) is 11.5 Å². The number of hydrogen-bond donors (Lipinski definition) is 1. The van der Waals surface area contributed by atoms with Crippen LogP contribution in [-0.4, -0.2) is 19.6 Å². The molecule has 4 nitrogen and oxygen atoms in total. The minimum Gasteiger partial charge on any atom is -0.497 e. The topological polar surface area (TPSA) is 61.6 Å². The number of hydrogen-bond acceptors (Lipinski definition) is 3. The molecule has 0 aliphatic rings. The summed E-state index contributed by atoms with van der Waals surface area (Å²) < 4.78 is 10.4. The SMILES string of the molecule is COc1ccc(OCC(C)C(N)=O)cc1. The molecule has 0 aliphatic carbocycles. The first-order valence-electron chi connectivity index (χ1n) is 4.69. The molecular weight excluding hydrogens is 194 g/mol. The van der Waals surface area contributed by atoms with Crippen molar-refractivity contribution in [1.29, 1.82) is 0 Å². The Kier molecular flexibility index (Phi) is 3.97. The molecule has 2 N–H and O–H groups in total. The Morgan fingerprint density at radius 2 is 1.87 bits per heavy atom. The second-order valence-corrected chi connectivity index (χ2v) is 3.29. The smallest absolute Gasteiger partial charge is 0.223 e. The van der Waals surface area contributed by atoms with Gasteiger partial charge in [-0.05, 0) is 24.3 Å². The summed E-state index contributed by atoms with van der Waals surface area (Å²) >= 11 is 0. The summed E-state index contributed by atoms with van der Waals surface area (Å²) in [4.78, 5) is 10.7. The van der Waals surface area contributed by atoms with Gasteiger partial charge in [0.15, 0.2) is 0 Å². The molecule has 0 bridgehead atoms. The Bertz CT molecular complexity index is 321. The second-order valence-electron chi connectivity index (χ2n) is 3.29. The van der Waals surface area contributed by atoms with Crippen molar-refractivity contribution in [3.05, 3.63) is 24.3 Å². The Balaban J connectivity index is 2.47. The first-order valence-corrected chi connectivity index (χ1v) is 4.69. The van der Waals surface area contributed by atoms with Gasteiger partial charge < -0.3 is 15.2 Å². The molecule has 0 heterocycles. The third-order valence-corrected chi connectivity index (χ3v) is 2.05. The molecule has 0 spiro atoms. The van der Waals surface area contributed by atoms with Crippen molar-refractivity contribution in [2.24, 2.45) is 11.7 Å². The zero-order chi connectivity index (χ0) is 11.3. The van der Waals surface area contributed by atoms with Gasteiger partial charge in [-0.1, -0.05) is 6.92 Å². The van der Waals surface area contributed by atoms with Crippen molar-refractivity contribution >= 4 is 5.91 Å². The van der Waals surface area contributed by atoms with E-state index in [1.165, 1.54) is 0 Å². The molecule has 1 unspecified atom stereocenters. The highest BCUT2D eigenvalue weighted by molar-refractivity contribution is 5.76. The lowest BCUT2D eigenvalue weighted by molar-refractivity contribution is -0.122. The van der Waals surface area contributed by atoms with E-state index in [4.69, 9.17) is 15.2 Å². The minimum absolute atomic E-state index is 0.285. The van der Waals surface area contributed by atoms with Crippen molar-refractivity contribution in [3.63, 3.8) is 0 Å². The summed E-state index contributed by atoms with van der Waals surface area (Å²) in [5.74, 6) is 0.824. The maximum Gasteiger partial charge on any atom is 0.223 e. The Labute approximate surface area is 89.0 Å². The van der Waals surface area contributed by atoms with E-state index >= 15 is 0 Å². The van der Waals surface area contributed by atoms with Gasteiger partial charge >= 0.3 is 0 Å². The van der Waals surface area contributed by atoms with E-state index in [0.29, 0.717) is 12.4 Å². The average Bonchev–Trinajstić information content (AvgIpc) is 2.26. The predicted octanol–water partition coefficient (Wildman–Crippen LogP) is 1.20. The lowest BCUT2D eigenvalue weighted by Crippen LogP contribution is -2.25. The highest BCUT2D eigenvalue weighted by atomic mass is 16.5. The zero-order valence-corrected chi connectivity index (χ0v) is 8.90. The van der Waals surface area contributed by atoms with Gasteiger partial charge in [0.05, 0.1) is 19.6 Å². The van der Waals surface area contributed by atoms with Gasteiger partial charge in [0, 0.05) is 0 Å². The van der Waals surface area contributed by atoms with Crippen LogP contribution >= 0.6 is 0 Å². The lowest BCUT2D eigenvalue weighted by atomic mass is 10.2. The van der Waals surface area contributed by atoms with E-state index < -0.39 is 0 Å². The Morgan fingerprint density at radius 1 is 1.33 bits per heavy atom. The molecular formula is C11H15NO3. The molecule has 82 valence electrons. The summed E-state index contributed by atoms with van der Waals surface area (Å²) in [7, 11) is 1.60. The van der Waals surface area contributed by atoms with Crippen molar-refractivity contribution in [3.8, 4) is 11.5 Å². The van der Waals surface area contributed by atoms with E-state index in [-0.39, 0.29) is 11.8 Å². The molecule has 15 heavy (non-hydrogen) atoms. The van der Waals surface area contributed by atoms with Gasteiger partial charge in [-0.15, -0.1) is 0 Å². The molecule has 0 saturated heterocycles. The molecule has 0 fully saturated rings. The average molecular weight is 209 g/mol. The number of carbonyl (C=O) groups is 1. The quantitative estimate of drug-likeness (QED) is 0.792. The van der Waals surface area contributed by atoms with E-state index in [0.717, 1.165) is 5.75 Å². The van der Waals surface area contributed by atoms with Gasteiger partial charge in [0.2, 0.25) is 5.91 Å². The molecule has 0 aliphatic heterocycles. The fraction of sp³-hybridized carbons (Fsp3) is 0.364. The number of nitrogens with two attached hydrogens (primary N) is 1. The highest BCUT2D eigenvalue weighted by Crippen LogP contribution is 2.17. The van der Waals surface area contributed by atoms with Crippen LogP contribution in [0.1, 0.15) is 6.92 Å². The number of ether oxygens (including phenoxy) is 2. The first kappa shape index (κ1) is 11.4. The molecule has 0 saturated carbocycles. The summed E-state index contributed by atoms with van der Waals surface area (Å²) in [5.41, 5.74) is 5.11. The van der Waals surface area contributed by atoms with Gasteiger partial charge in [-0.2, -0.15) is 0 Å². The largest absolute Gasteiger partial charge is 0.497 e. The fourth-order valence-electron chi connectivity index (χ4n) is 0.975. The maximum atomic E-state index is 10.7. The molecule has 1 rings (SSSR count). The first-order chi connectivity index (χ1) is 7.13. The minimum atomic E-state index is -0.358. The highest BCUT2D eigenvalue weighted by Gasteiger charge is 2.08. The van der Waals surface area contributed by atoms with Crippen LogP contribution in [0.15, 0.2) is 24.3 Å². The van der Waals surface area contributed by atoms with Crippen molar-refractivity contribution in [2.75, 3.05) is 13.7 Å². The molecule has 0 radical (unpaired) electrons.